The van der Waals surface area contributed by atoms with E-state index in [2.05, 4.69) is 5.32 Å². The zero-order valence-electron chi connectivity index (χ0n) is 15.3. The van der Waals surface area contributed by atoms with Crippen molar-refractivity contribution < 1.29 is 19.1 Å². The lowest BCUT2D eigenvalue weighted by Crippen LogP contribution is -2.13. The van der Waals surface area contributed by atoms with E-state index in [1.807, 2.05) is 13.8 Å². The van der Waals surface area contributed by atoms with Crippen LogP contribution < -0.4 is 14.8 Å². The molecule has 2 aromatic rings. The third-order valence-electron chi connectivity index (χ3n) is 3.58. The van der Waals surface area contributed by atoms with Crippen molar-refractivity contribution in [2.75, 3.05) is 19.0 Å². The molecule has 1 amide bonds. The molecule has 0 spiro atoms. The molecule has 5 nitrogen and oxygen atoms in total. The number of methoxy groups -OCH3 is 1. The summed E-state index contributed by atoms with van der Waals surface area (Å²) in [6, 6.07) is 9.85. The van der Waals surface area contributed by atoms with Crippen LogP contribution in [0.25, 0.3) is 0 Å². The van der Waals surface area contributed by atoms with Crippen LogP contribution in [0, 0.1) is 5.92 Å². The van der Waals surface area contributed by atoms with Crippen LogP contribution in [0.15, 0.2) is 36.4 Å². The van der Waals surface area contributed by atoms with Crippen molar-refractivity contribution in [3.63, 3.8) is 0 Å². The molecule has 0 aliphatic heterocycles. The molecule has 0 fully saturated rings. The minimum atomic E-state index is -0.360. The van der Waals surface area contributed by atoms with Gasteiger partial charge in [0.05, 0.1) is 18.7 Å². The van der Waals surface area contributed by atoms with E-state index in [0.29, 0.717) is 45.9 Å². The van der Waals surface area contributed by atoms with Crippen molar-refractivity contribution in [1.82, 2.24) is 0 Å². The summed E-state index contributed by atoms with van der Waals surface area (Å²) < 4.78 is 11.0. The molecule has 2 aromatic carbocycles. The van der Waals surface area contributed by atoms with Crippen LogP contribution in [0.4, 0.5) is 5.69 Å². The first-order valence-electron chi connectivity index (χ1n) is 8.24. The van der Waals surface area contributed by atoms with Crippen LogP contribution in [0.5, 0.6) is 11.5 Å². The fourth-order valence-electron chi connectivity index (χ4n) is 2.26. The van der Waals surface area contributed by atoms with E-state index in [-0.39, 0.29) is 11.7 Å². The fraction of sp³-hybridized carbons (Fsp3) is 0.300. The Labute approximate surface area is 158 Å². The van der Waals surface area contributed by atoms with E-state index >= 15 is 0 Å². The average molecular weight is 376 g/mol. The number of halogens is 1. The summed E-state index contributed by atoms with van der Waals surface area (Å²) in [7, 11) is 1.49. The number of benzene rings is 2. The monoisotopic (exact) mass is 375 g/mol. The van der Waals surface area contributed by atoms with Gasteiger partial charge in [-0.3, -0.25) is 9.59 Å². The van der Waals surface area contributed by atoms with Gasteiger partial charge in [0.15, 0.2) is 17.3 Å². The van der Waals surface area contributed by atoms with Gasteiger partial charge in [0.25, 0.3) is 5.91 Å². The largest absolute Gasteiger partial charge is 0.493 e. The van der Waals surface area contributed by atoms with Gasteiger partial charge >= 0.3 is 0 Å². The van der Waals surface area contributed by atoms with Crippen molar-refractivity contribution in [3.05, 3.63) is 52.5 Å². The number of ether oxygens (including phenoxy) is 2. The van der Waals surface area contributed by atoms with E-state index in [0.717, 1.165) is 0 Å². The molecule has 0 atom stereocenters. The second-order valence-electron chi connectivity index (χ2n) is 6.29. The molecule has 0 aliphatic rings. The summed E-state index contributed by atoms with van der Waals surface area (Å²) in [5.41, 5.74) is 1.38. The van der Waals surface area contributed by atoms with Crippen molar-refractivity contribution in [2.24, 2.45) is 5.92 Å². The third-order valence-corrected chi connectivity index (χ3v) is 3.86. The Kier molecular flexibility index (Phi) is 6.64. The minimum absolute atomic E-state index is 0.0718. The van der Waals surface area contributed by atoms with Crippen LogP contribution in [0.2, 0.25) is 5.02 Å². The number of hydrogen-bond donors (Lipinski definition) is 1. The van der Waals surface area contributed by atoms with Crippen molar-refractivity contribution in [1.29, 1.82) is 0 Å². The lowest BCUT2D eigenvalue weighted by molar-refractivity contribution is 0.101. The number of amides is 1. The molecule has 0 aliphatic carbocycles. The quantitative estimate of drug-likeness (QED) is 0.703. The Balaban J connectivity index is 2.25. The van der Waals surface area contributed by atoms with Gasteiger partial charge in [0, 0.05) is 16.8 Å². The smallest absolute Gasteiger partial charge is 0.255 e. The molecule has 0 radical (unpaired) electrons. The van der Waals surface area contributed by atoms with E-state index in [9.17, 15) is 9.59 Å². The molecular formula is C20H22ClNO4. The minimum Gasteiger partial charge on any atom is -0.493 e. The summed E-state index contributed by atoms with van der Waals surface area (Å²) in [5.74, 6) is 0.699. The lowest BCUT2D eigenvalue weighted by atomic mass is 10.1. The number of carbonyl (C=O) groups excluding carboxylic acids is 2. The molecule has 0 bridgehead atoms. The maximum absolute atomic E-state index is 12.5. The van der Waals surface area contributed by atoms with Crippen LogP contribution in [0.3, 0.4) is 0 Å². The molecule has 26 heavy (non-hydrogen) atoms. The molecule has 0 unspecified atom stereocenters. The molecule has 0 saturated carbocycles. The Bertz CT molecular complexity index is 817. The first-order valence-corrected chi connectivity index (χ1v) is 8.62. The molecule has 0 aromatic heterocycles. The molecule has 6 heteroatoms. The highest BCUT2D eigenvalue weighted by Crippen LogP contribution is 2.37. The van der Waals surface area contributed by atoms with Crippen LogP contribution in [0.1, 0.15) is 41.5 Å². The maximum atomic E-state index is 12.5. The number of carbonyl (C=O) groups is 2. The maximum Gasteiger partial charge on any atom is 0.255 e. The molecular weight excluding hydrogens is 354 g/mol. The van der Waals surface area contributed by atoms with Gasteiger partial charge in [0.2, 0.25) is 0 Å². The highest BCUT2D eigenvalue weighted by atomic mass is 35.5. The molecule has 1 N–H and O–H groups in total. The first-order chi connectivity index (χ1) is 12.3. The standard InChI is InChI=1S/C20H22ClNO4/c1-12(2)11-26-19-17(21)9-15(10-18(19)25-4)20(24)22-16-7-5-6-14(8-16)13(3)23/h5-10,12H,11H2,1-4H3,(H,22,24). The van der Waals surface area contributed by atoms with Crippen molar-refractivity contribution >= 4 is 29.0 Å². The number of ketones is 1. The van der Waals surface area contributed by atoms with Crippen LogP contribution in [-0.4, -0.2) is 25.4 Å². The Morgan fingerprint density at radius 3 is 2.50 bits per heavy atom. The van der Waals surface area contributed by atoms with Crippen LogP contribution >= 0.6 is 11.6 Å². The van der Waals surface area contributed by atoms with Crippen molar-refractivity contribution in [2.45, 2.75) is 20.8 Å². The van der Waals surface area contributed by atoms with Crippen LogP contribution in [-0.2, 0) is 0 Å². The Morgan fingerprint density at radius 2 is 1.88 bits per heavy atom. The Morgan fingerprint density at radius 1 is 1.15 bits per heavy atom. The number of anilines is 1. The van der Waals surface area contributed by atoms with E-state index in [1.54, 1.807) is 30.3 Å². The van der Waals surface area contributed by atoms with Crippen molar-refractivity contribution in [3.8, 4) is 11.5 Å². The highest BCUT2D eigenvalue weighted by molar-refractivity contribution is 6.32. The number of nitrogens with one attached hydrogen (secondary N) is 1. The highest BCUT2D eigenvalue weighted by Gasteiger charge is 2.17. The van der Waals surface area contributed by atoms with Gasteiger partial charge < -0.3 is 14.8 Å². The molecule has 0 heterocycles. The molecule has 138 valence electrons. The summed E-state index contributed by atoms with van der Waals surface area (Å²) >= 11 is 6.28. The molecule has 0 saturated heterocycles. The number of hydrogen-bond acceptors (Lipinski definition) is 4. The first kappa shape index (κ1) is 19.8. The summed E-state index contributed by atoms with van der Waals surface area (Å²) in [5, 5.41) is 3.05. The fourth-order valence-corrected chi connectivity index (χ4v) is 2.53. The van der Waals surface area contributed by atoms with E-state index < -0.39 is 0 Å². The van der Waals surface area contributed by atoms with Gasteiger partial charge in [0.1, 0.15) is 0 Å². The average Bonchev–Trinajstić information content (AvgIpc) is 2.59. The summed E-state index contributed by atoms with van der Waals surface area (Å²) in [6.45, 7) is 6.01. The zero-order chi connectivity index (χ0) is 19.3. The van der Waals surface area contributed by atoms with Gasteiger partial charge in [-0.05, 0) is 37.1 Å². The number of Topliss-reactive ketones (excluding diaryl/α,β-unsaturated/α-hetero) is 1. The third kappa shape index (κ3) is 4.99. The zero-order valence-corrected chi connectivity index (χ0v) is 16.0. The second-order valence-corrected chi connectivity index (χ2v) is 6.69. The SMILES string of the molecule is COc1cc(C(=O)Nc2cccc(C(C)=O)c2)cc(Cl)c1OCC(C)C. The Hall–Kier alpha value is -2.53. The van der Waals surface area contributed by atoms with E-state index in [4.69, 9.17) is 21.1 Å². The van der Waals surface area contributed by atoms with Gasteiger partial charge in [-0.15, -0.1) is 0 Å². The predicted molar refractivity (Wildman–Crippen MR) is 103 cm³/mol. The van der Waals surface area contributed by atoms with Gasteiger partial charge in [-0.2, -0.15) is 0 Å². The summed E-state index contributed by atoms with van der Waals surface area (Å²) in [6.07, 6.45) is 0. The lowest BCUT2D eigenvalue weighted by Gasteiger charge is -2.15. The van der Waals surface area contributed by atoms with Gasteiger partial charge in [-0.25, -0.2) is 0 Å². The predicted octanol–water partition coefficient (Wildman–Crippen LogP) is 4.84. The normalized spacial score (nSPS) is 10.5. The molecule has 2 rings (SSSR count). The van der Waals surface area contributed by atoms with E-state index in [1.165, 1.54) is 20.1 Å². The summed E-state index contributed by atoms with van der Waals surface area (Å²) in [4.78, 5) is 24.0. The number of rotatable bonds is 7. The van der Waals surface area contributed by atoms with Gasteiger partial charge in [-0.1, -0.05) is 37.6 Å². The topological polar surface area (TPSA) is 64.6 Å². The second kappa shape index (κ2) is 8.72.